The van der Waals surface area contributed by atoms with Gasteiger partial charge >= 0.3 is 0 Å². The maximum absolute atomic E-state index is 8.81. The van der Waals surface area contributed by atoms with Crippen molar-refractivity contribution in [2.45, 2.75) is 43.9 Å². The summed E-state index contributed by atoms with van der Waals surface area (Å²) in [6.07, 6.45) is 8.73. The number of aliphatic hydroxyl groups excluding tert-OH is 1. The van der Waals surface area contributed by atoms with E-state index in [0.717, 1.165) is 23.5 Å². The summed E-state index contributed by atoms with van der Waals surface area (Å²) in [5, 5.41) is 8.81. The minimum absolute atomic E-state index is 0.0801. The van der Waals surface area contributed by atoms with E-state index in [2.05, 4.69) is 24.3 Å². The largest absolute Gasteiger partial charge is 0.491 e. The third kappa shape index (κ3) is 2.05. The molecule has 2 heteroatoms. The fraction of sp³-hybridized carbons (Fsp3) is 0.667. The van der Waals surface area contributed by atoms with Crippen LogP contribution in [0.1, 0.15) is 44.1 Å². The molecule has 0 radical (unpaired) electrons. The van der Waals surface area contributed by atoms with Gasteiger partial charge in [0, 0.05) is 0 Å². The summed E-state index contributed by atoms with van der Waals surface area (Å²) in [5.41, 5.74) is 2.01. The molecule has 0 saturated heterocycles. The van der Waals surface area contributed by atoms with Crippen molar-refractivity contribution in [1.82, 2.24) is 0 Å². The number of aliphatic hydroxyl groups is 1. The zero-order chi connectivity index (χ0) is 13.6. The molecule has 108 valence electrons. The summed E-state index contributed by atoms with van der Waals surface area (Å²) < 4.78 is 5.48. The zero-order valence-corrected chi connectivity index (χ0v) is 12.1. The van der Waals surface area contributed by atoms with Gasteiger partial charge in [0.15, 0.2) is 0 Å². The van der Waals surface area contributed by atoms with Gasteiger partial charge in [-0.2, -0.15) is 0 Å². The number of benzene rings is 1. The highest BCUT2D eigenvalue weighted by Crippen LogP contribution is 2.60. The molecule has 2 nitrogen and oxygen atoms in total. The van der Waals surface area contributed by atoms with E-state index in [1.807, 2.05) is 0 Å². The Morgan fingerprint density at radius 1 is 0.950 bits per heavy atom. The van der Waals surface area contributed by atoms with E-state index in [9.17, 15) is 0 Å². The van der Waals surface area contributed by atoms with Crippen molar-refractivity contribution in [3.8, 4) is 5.75 Å². The molecule has 0 aliphatic heterocycles. The Bertz CT molecular complexity index is 441. The lowest BCUT2D eigenvalue weighted by Crippen LogP contribution is -2.48. The van der Waals surface area contributed by atoms with Crippen LogP contribution < -0.4 is 4.74 Å². The standard InChI is InChI=1S/C18H24O2/c19-5-6-20-17-3-1-16(2-4-17)18-10-13-7-14(11-18)9-15(8-13)12-18/h1-4,13-15,19H,5-12H2. The van der Waals surface area contributed by atoms with E-state index in [-0.39, 0.29) is 6.61 Å². The molecule has 4 aliphatic rings. The zero-order valence-electron chi connectivity index (χ0n) is 12.1. The van der Waals surface area contributed by atoms with Gasteiger partial charge < -0.3 is 9.84 Å². The van der Waals surface area contributed by atoms with Crippen LogP contribution >= 0.6 is 0 Å². The van der Waals surface area contributed by atoms with Crippen LogP contribution in [0.2, 0.25) is 0 Å². The molecule has 4 bridgehead atoms. The van der Waals surface area contributed by atoms with Crippen molar-refractivity contribution >= 4 is 0 Å². The first-order valence-corrected chi connectivity index (χ1v) is 8.12. The molecule has 0 aromatic heterocycles. The van der Waals surface area contributed by atoms with Gasteiger partial charge in [0.1, 0.15) is 12.4 Å². The van der Waals surface area contributed by atoms with Crippen LogP contribution in [0.15, 0.2) is 24.3 Å². The van der Waals surface area contributed by atoms with Crippen molar-refractivity contribution in [1.29, 1.82) is 0 Å². The first-order chi connectivity index (χ1) is 9.77. The average Bonchev–Trinajstić information content (AvgIpc) is 2.44. The normalized spacial score (nSPS) is 38.1. The highest BCUT2D eigenvalue weighted by molar-refractivity contribution is 5.34. The molecule has 0 spiro atoms. The van der Waals surface area contributed by atoms with E-state index < -0.39 is 0 Å². The number of hydrogen-bond acceptors (Lipinski definition) is 2. The highest BCUT2D eigenvalue weighted by atomic mass is 16.5. The second-order valence-electron chi connectivity index (χ2n) is 7.29. The predicted octanol–water partition coefficient (Wildman–Crippen LogP) is 3.53. The van der Waals surface area contributed by atoms with Gasteiger partial charge in [-0.15, -0.1) is 0 Å². The molecule has 4 saturated carbocycles. The third-order valence-corrected chi connectivity index (χ3v) is 5.86. The molecule has 1 aromatic rings. The molecule has 0 heterocycles. The van der Waals surface area contributed by atoms with Crippen LogP contribution in [-0.2, 0) is 5.41 Å². The summed E-state index contributed by atoms with van der Waals surface area (Å²) in [4.78, 5) is 0. The number of ether oxygens (including phenoxy) is 1. The molecule has 1 aromatic carbocycles. The fourth-order valence-electron chi connectivity index (χ4n) is 5.53. The minimum Gasteiger partial charge on any atom is -0.491 e. The highest BCUT2D eigenvalue weighted by Gasteiger charge is 2.51. The van der Waals surface area contributed by atoms with E-state index in [0.29, 0.717) is 12.0 Å². The quantitative estimate of drug-likeness (QED) is 0.908. The van der Waals surface area contributed by atoms with Crippen molar-refractivity contribution in [3.05, 3.63) is 29.8 Å². The van der Waals surface area contributed by atoms with Crippen LogP contribution in [0.25, 0.3) is 0 Å². The smallest absolute Gasteiger partial charge is 0.119 e. The third-order valence-electron chi connectivity index (χ3n) is 5.86. The maximum atomic E-state index is 8.81. The van der Waals surface area contributed by atoms with E-state index in [1.54, 1.807) is 0 Å². The van der Waals surface area contributed by atoms with E-state index >= 15 is 0 Å². The topological polar surface area (TPSA) is 29.5 Å². The van der Waals surface area contributed by atoms with Gasteiger partial charge in [0.05, 0.1) is 6.61 Å². The Balaban J connectivity index is 1.57. The van der Waals surface area contributed by atoms with Gasteiger partial charge in [-0.3, -0.25) is 0 Å². The van der Waals surface area contributed by atoms with Gasteiger partial charge in [-0.25, -0.2) is 0 Å². The summed E-state index contributed by atoms with van der Waals surface area (Å²) in [5.74, 6) is 3.86. The SMILES string of the molecule is OCCOc1ccc(C23CC4CC(CC(C4)C2)C3)cc1. The molecular weight excluding hydrogens is 248 g/mol. The van der Waals surface area contributed by atoms with E-state index in [1.165, 1.54) is 44.1 Å². The molecular formula is C18H24O2. The van der Waals surface area contributed by atoms with Crippen molar-refractivity contribution in [2.24, 2.45) is 17.8 Å². The van der Waals surface area contributed by atoms with Crippen molar-refractivity contribution in [2.75, 3.05) is 13.2 Å². The molecule has 0 atom stereocenters. The second-order valence-corrected chi connectivity index (χ2v) is 7.29. The van der Waals surface area contributed by atoms with Crippen LogP contribution in [0, 0.1) is 17.8 Å². The average molecular weight is 272 g/mol. The molecule has 1 N–H and O–H groups in total. The summed E-state index contributed by atoms with van der Waals surface area (Å²) in [6, 6.07) is 8.73. The molecule has 0 amide bonds. The Morgan fingerprint density at radius 3 is 2.00 bits per heavy atom. The second kappa shape index (κ2) is 4.77. The van der Waals surface area contributed by atoms with E-state index in [4.69, 9.17) is 9.84 Å². The maximum Gasteiger partial charge on any atom is 0.119 e. The van der Waals surface area contributed by atoms with Gasteiger partial charge in [0.25, 0.3) is 0 Å². The van der Waals surface area contributed by atoms with Gasteiger partial charge in [0.2, 0.25) is 0 Å². The summed E-state index contributed by atoms with van der Waals surface area (Å²) in [7, 11) is 0. The van der Waals surface area contributed by atoms with Crippen LogP contribution in [0.3, 0.4) is 0 Å². The molecule has 4 fully saturated rings. The van der Waals surface area contributed by atoms with Gasteiger partial charge in [-0.1, -0.05) is 12.1 Å². The molecule has 5 rings (SSSR count). The predicted molar refractivity (Wildman–Crippen MR) is 78.9 cm³/mol. The monoisotopic (exact) mass is 272 g/mol. The summed E-state index contributed by atoms with van der Waals surface area (Å²) >= 11 is 0. The van der Waals surface area contributed by atoms with Crippen LogP contribution in [-0.4, -0.2) is 18.3 Å². The van der Waals surface area contributed by atoms with Crippen LogP contribution in [0.4, 0.5) is 0 Å². The lowest BCUT2D eigenvalue weighted by molar-refractivity contribution is -0.00520. The Hall–Kier alpha value is -1.02. The van der Waals surface area contributed by atoms with Crippen LogP contribution in [0.5, 0.6) is 5.75 Å². The lowest BCUT2D eigenvalue weighted by atomic mass is 9.48. The Kier molecular flexibility index (Phi) is 3.03. The van der Waals surface area contributed by atoms with Crippen molar-refractivity contribution < 1.29 is 9.84 Å². The number of hydrogen-bond donors (Lipinski definition) is 1. The lowest BCUT2D eigenvalue weighted by Gasteiger charge is -2.57. The molecule has 20 heavy (non-hydrogen) atoms. The fourth-order valence-corrected chi connectivity index (χ4v) is 5.53. The first-order valence-electron chi connectivity index (χ1n) is 8.12. The Morgan fingerprint density at radius 2 is 1.50 bits per heavy atom. The summed E-state index contributed by atoms with van der Waals surface area (Å²) in [6.45, 7) is 0.466. The molecule has 0 unspecified atom stereocenters. The first kappa shape index (κ1) is 12.7. The minimum atomic E-state index is 0.0801. The number of rotatable bonds is 4. The molecule has 4 aliphatic carbocycles. The Labute approximate surface area is 121 Å². The van der Waals surface area contributed by atoms with Crippen molar-refractivity contribution in [3.63, 3.8) is 0 Å². The van der Waals surface area contributed by atoms with Gasteiger partial charge in [-0.05, 0) is 79.4 Å².